The number of amides is 1. The Labute approximate surface area is 102 Å². The lowest BCUT2D eigenvalue weighted by Gasteiger charge is -2.09. The Bertz CT molecular complexity index is 396. The number of carbonyl (C=O) groups excluding carboxylic acids is 1. The molecule has 16 heavy (non-hydrogen) atoms. The van der Waals surface area contributed by atoms with Gasteiger partial charge in [-0.15, -0.1) is 0 Å². The predicted octanol–water partition coefficient (Wildman–Crippen LogP) is 2.87. The molecular weight excluding hydrogens is 277 g/mol. The van der Waals surface area contributed by atoms with Crippen molar-refractivity contribution in [2.75, 3.05) is 19.0 Å². The molecule has 0 atom stereocenters. The van der Waals surface area contributed by atoms with Crippen LogP contribution in [0.5, 0.6) is 0 Å². The number of anilines is 1. The molecule has 1 N–H and O–H groups in total. The van der Waals surface area contributed by atoms with Gasteiger partial charge in [0.1, 0.15) is 5.82 Å². The summed E-state index contributed by atoms with van der Waals surface area (Å²) < 4.78 is 18.4. The molecule has 1 rings (SSSR count). The van der Waals surface area contributed by atoms with E-state index >= 15 is 0 Å². The molecule has 88 valence electrons. The van der Waals surface area contributed by atoms with Crippen LogP contribution in [0.4, 0.5) is 10.1 Å². The summed E-state index contributed by atoms with van der Waals surface area (Å²) in [6.07, 6.45) is 0.258. The summed E-state index contributed by atoms with van der Waals surface area (Å²) >= 11 is 3.08. The normalized spacial score (nSPS) is 10.2. The lowest BCUT2D eigenvalue weighted by Crippen LogP contribution is -2.14. The average molecular weight is 290 g/mol. The highest BCUT2D eigenvalue weighted by molar-refractivity contribution is 9.10. The van der Waals surface area contributed by atoms with Gasteiger partial charge in [-0.2, -0.15) is 0 Å². The van der Waals surface area contributed by atoms with E-state index in [2.05, 4.69) is 21.2 Å². The third-order valence-corrected chi connectivity index (χ3v) is 2.68. The molecule has 5 heteroatoms. The minimum absolute atomic E-state index is 0.188. The summed E-state index contributed by atoms with van der Waals surface area (Å²) in [4.78, 5) is 11.4. The lowest BCUT2D eigenvalue weighted by atomic mass is 10.2. The van der Waals surface area contributed by atoms with Gasteiger partial charge in [0, 0.05) is 12.8 Å². The highest BCUT2D eigenvalue weighted by Crippen LogP contribution is 2.23. The van der Waals surface area contributed by atoms with Crippen molar-refractivity contribution < 1.29 is 13.9 Å². The van der Waals surface area contributed by atoms with Crippen molar-refractivity contribution in [2.24, 2.45) is 0 Å². The number of halogens is 2. The van der Waals surface area contributed by atoms with Crippen LogP contribution in [0.2, 0.25) is 0 Å². The first-order valence-corrected chi connectivity index (χ1v) is 5.58. The number of hydrogen-bond donors (Lipinski definition) is 1. The number of benzene rings is 1. The van der Waals surface area contributed by atoms with Crippen molar-refractivity contribution in [1.29, 1.82) is 0 Å². The van der Waals surface area contributed by atoms with Crippen LogP contribution in [-0.4, -0.2) is 19.6 Å². The molecule has 0 fully saturated rings. The van der Waals surface area contributed by atoms with Gasteiger partial charge in [0.2, 0.25) is 5.91 Å². The quantitative estimate of drug-likeness (QED) is 0.926. The van der Waals surface area contributed by atoms with E-state index in [4.69, 9.17) is 4.74 Å². The van der Waals surface area contributed by atoms with Gasteiger partial charge in [0.25, 0.3) is 0 Å². The maximum atomic E-state index is 13.2. The summed E-state index contributed by atoms with van der Waals surface area (Å²) in [6, 6.07) is 2.92. The van der Waals surface area contributed by atoms with E-state index in [9.17, 15) is 9.18 Å². The third-order valence-electron chi connectivity index (χ3n) is 2.07. The molecule has 1 aromatic carbocycles. The van der Waals surface area contributed by atoms with Gasteiger partial charge in [0.15, 0.2) is 0 Å². The van der Waals surface area contributed by atoms with Crippen LogP contribution in [-0.2, 0) is 9.53 Å². The second kappa shape index (κ2) is 5.96. The van der Waals surface area contributed by atoms with E-state index in [1.54, 1.807) is 13.0 Å². The molecule has 0 aromatic heterocycles. The zero-order valence-corrected chi connectivity index (χ0v) is 10.7. The molecule has 3 nitrogen and oxygen atoms in total. The van der Waals surface area contributed by atoms with Crippen LogP contribution in [0.3, 0.4) is 0 Å². The van der Waals surface area contributed by atoms with E-state index in [-0.39, 0.29) is 12.3 Å². The summed E-state index contributed by atoms with van der Waals surface area (Å²) in [5.41, 5.74) is 1.29. The van der Waals surface area contributed by atoms with Gasteiger partial charge >= 0.3 is 0 Å². The third kappa shape index (κ3) is 3.57. The zero-order valence-electron chi connectivity index (χ0n) is 9.14. The predicted molar refractivity (Wildman–Crippen MR) is 64.0 cm³/mol. The second-order valence-electron chi connectivity index (χ2n) is 3.37. The van der Waals surface area contributed by atoms with Crippen LogP contribution in [0, 0.1) is 12.7 Å². The minimum Gasteiger partial charge on any atom is -0.384 e. The molecule has 0 aliphatic carbocycles. The molecule has 0 saturated heterocycles. The van der Waals surface area contributed by atoms with Gasteiger partial charge in [-0.1, -0.05) is 0 Å². The Kier molecular flexibility index (Phi) is 4.89. The zero-order chi connectivity index (χ0) is 12.1. The van der Waals surface area contributed by atoms with Crippen LogP contribution < -0.4 is 5.32 Å². The SMILES string of the molecule is COCCC(=O)Nc1cc(F)c(Br)cc1C. The average Bonchev–Trinajstić information content (AvgIpc) is 2.23. The number of aryl methyl sites for hydroxylation is 1. The topological polar surface area (TPSA) is 38.3 Å². The highest BCUT2D eigenvalue weighted by Gasteiger charge is 2.08. The molecule has 0 unspecified atom stereocenters. The Morgan fingerprint density at radius 1 is 1.56 bits per heavy atom. The van der Waals surface area contributed by atoms with Gasteiger partial charge in [-0.3, -0.25) is 4.79 Å². The number of methoxy groups -OCH3 is 1. The summed E-state index contributed by atoms with van der Waals surface area (Å²) in [6.45, 7) is 2.15. The van der Waals surface area contributed by atoms with Crippen molar-refractivity contribution in [3.63, 3.8) is 0 Å². The first kappa shape index (κ1) is 13.1. The molecule has 0 bridgehead atoms. The monoisotopic (exact) mass is 289 g/mol. The Morgan fingerprint density at radius 3 is 2.88 bits per heavy atom. The number of hydrogen-bond acceptors (Lipinski definition) is 2. The van der Waals surface area contributed by atoms with E-state index in [0.29, 0.717) is 16.8 Å². The molecule has 0 heterocycles. The summed E-state index contributed by atoms with van der Waals surface area (Å²) in [5.74, 6) is -0.584. The van der Waals surface area contributed by atoms with Gasteiger partial charge in [-0.05, 0) is 40.5 Å². The number of carbonyl (C=O) groups is 1. The summed E-state index contributed by atoms with van der Waals surface area (Å²) in [5, 5.41) is 2.63. The van der Waals surface area contributed by atoms with Crippen molar-refractivity contribution in [1.82, 2.24) is 0 Å². The Morgan fingerprint density at radius 2 is 2.25 bits per heavy atom. The van der Waals surface area contributed by atoms with Gasteiger partial charge < -0.3 is 10.1 Å². The molecule has 0 saturated carbocycles. The van der Waals surface area contributed by atoms with E-state index in [1.165, 1.54) is 13.2 Å². The van der Waals surface area contributed by atoms with Crippen molar-refractivity contribution in [3.05, 3.63) is 28.0 Å². The number of ether oxygens (including phenoxy) is 1. The fourth-order valence-corrected chi connectivity index (χ4v) is 1.65. The van der Waals surface area contributed by atoms with Crippen LogP contribution in [0.15, 0.2) is 16.6 Å². The maximum absolute atomic E-state index is 13.2. The maximum Gasteiger partial charge on any atom is 0.226 e. The van der Waals surface area contributed by atoms with Crippen LogP contribution in [0.1, 0.15) is 12.0 Å². The Hall–Kier alpha value is -0.940. The smallest absolute Gasteiger partial charge is 0.226 e. The van der Waals surface area contributed by atoms with Crippen molar-refractivity contribution in [2.45, 2.75) is 13.3 Å². The van der Waals surface area contributed by atoms with Crippen molar-refractivity contribution in [3.8, 4) is 0 Å². The molecule has 1 amide bonds. The van der Waals surface area contributed by atoms with Crippen molar-refractivity contribution >= 4 is 27.5 Å². The first-order valence-electron chi connectivity index (χ1n) is 4.79. The molecular formula is C11H13BrFNO2. The number of rotatable bonds is 4. The van der Waals surface area contributed by atoms with Crippen LogP contribution >= 0.6 is 15.9 Å². The second-order valence-corrected chi connectivity index (χ2v) is 4.23. The van der Waals surface area contributed by atoms with Gasteiger partial charge in [-0.25, -0.2) is 4.39 Å². The largest absolute Gasteiger partial charge is 0.384 e. The summed E-state index contributed by atoms with van der Waals surface area (Å²) in [7, 11) is 1.53. The first-order chi connectivity index (χ1) is 7.54. The molecule has 0 aliphatic rings. The standard InChI is InChI=1S/C11H13BrFNO2/c1-7-5-8(12)9(13)6-10(7)14-11(15)3-4-16-2/h5-6H,3-4H2,1-2H3,(H,14,15). The van der Waals surface area contributed by atoms with Crippen LogP contribution in [0.25, 0.3) is 0 Å². The van der Waals surface area contributed by atoms with E-state index < -0.39 is 5.82 Å². The molecule has 0 aliphatic heterocycles. The lowest BCUT2D eigenvalue weighted by molar-refractivity contribution is -0.117. The van der Waals surface area contributed by atoms with E-state index in [0.717, 1.165) is 5.56 Å². The fraction of sp³-hybridized carbons (Fsp3) is 0.364. The van der Waals surface area contributed by atoms with E-state index in [1.807, 2.05) is 0 Å². The highest BCUT2D eigenvalue weighted by atomic mass is 79.9. The fourth-order valence-electron chi connectivity index (χ4n) is 1.19. The Balaban J connectivity index is 2.73. The molecule has 0 radical (unpaired) electrons. The minimum atomic E-state index is -0.396. The molecule has 0 spiro atoms. The number of nitrogens with one attached hydrogen (secondary N) is 1. The molecule has 1 aromatic rings. The van der Waals surface area contributed by atoms with Gasteiger partial charge in [0.05, 0.1) is 17.5 Å².